The number of anilines is 1. The van der Waals surface area contributed by atoms with E-state index in [0.29, 0.717) is 28.6 Å². The van der Waals surface area contributed by atoms with Crippen molar-refractivity contribution in [3.8, 4) is 0 Å². The van der Waals surface area contributed by atoms with Gasteiger partial charge in [0.2, 0.25) is 5.91 Å². The number of ether oxygens (including phenoxy) is 1. The topological polar surface area (TPSA) is 75.6 Å². The number of fused-ring (bicyclic) bond motifs is 2. The summed E-state index contributed by atoms with van der Waals surface area (Å²) in [5.74, 6) is -2.89. The number of carbonyl (C=O) groups excluding carboxylic acids is 1. The van der Waals surface area contributed by atoms with E-state index in [0.717, 1.165) is 0 Å². The molecule has 2 aliphatic heterocycles. The summed E-state index contributed by atoms with van der Waals surface area (Å²) in [6.07, 6.45) is 0.672. The number of benzene rings is 1. The van der Waals surface area contributed by atoms with Crippen molar-refractivity contribution >= 4 is 40.8 Å². The number of hydrogen-bond acceptors (Lipinski definition) is 3. The number of hydrogen-bond donors (Lipinski definition) is 2. The Bertz CT molecular complexity index is 607. The maximum absolute atomic E-state index is 12.4. The van der Waals surface area contributed by atoms with Crippen LogP contribution in [0.4, 0.5) is 5.69 Å². The molecule has 2 N–H and O–H groups in total. The van der Waals surface area contributed by atoms with E-state index >= 15 is 0 Å². The van der Waals surface area contributed by atoms with E-state index in [9.17, 15) is 14.7 Å². The molecular formula is C14H13Cl2NO4. The molecular weight excluding hydrogens is 317 g/mol. The predicted molar refractivity (Wildman–Crippen MR) is 77.6 cm³/mol. The summed E-state index contributed by atoms with van der Waals surface area (Å²) < 4.78 is 5.57. The Hall–Kier alpha value is -1.30. The van der Waals surface area contributed by atoms with Crippen molar-refractivity contribution in [3.63, 3.8) is 0 Å². The van der Waals surface area contributed by atoms with E-state index < -0.39 is 23.7 Å². The molecule has 0 unspecified atom stereocenters. The van der Waals surface area contributed by atoms with Crippen LogP contribution in [0, 0.1) is 11.8 Å². The molecule has 2 saturated heterocycles. The van der Waals surface area contributed by atoms with Crippen molar-refractivity contribution in [1.29, 1.82) is 0 Å². The van der Waals surface area contributed by atoms with E-state index in [2.05, 4.69) is 5.32 Å². The first-order valence-corrected chi connectivity index (χ1v) is 7.37. The molecule has 4 atom stereocenters. The lowest BCUT2D eigenvalue weighted by atomic mass is 9.78. The molecule has 2 aliphatic rings. The van der Waals surface area contributed by atoms with Crippen molar-refractivity contribution in [3.05, 3.63) is 28.2 Å². The molecule has 5 nitrogen and oxygen atoms in total. The fraction of sp³-hybridized carbons (Fsp3) is 0.429. The third-order valence-electron chi connectivity index (χ3n) is 4.05. The zero-order valence-corrected chi connectivity index (χ0v) is 12.4. The minimum absolute atomic E-state index is 0.339. The zero-order valence-electron chi connectivity index (χ0n) is 10.9. The maximum atomic E-state index is 12.4. The number of halogens is 2. The van der Waals surface area contributed by atoms with E-state index in [4.69, 9.17) is 27.9 Å². The van der Waals surface area contributed by atoms with Crippen LogP contribution in [-0.4, -0.2) is 29.2 Å². The number of nitrogens with one attached hydrogen (secondary N) is 1. The van der Waals surface area contributed by atoms with Gasteiger partial charge in [0.1, 0.15) is 0 Å². The Labute approximate surface area is 131 Å². The Balaban J connectivity index is 1.81. The van der Waals surface area contributed by atoms with Crippen molar-refractivity contribution < 1.29 is 19.4 Å². The Morgan fingerprint density at radius 1 is 1.19 bits per heavy atom. The lowest BCUT2D eigenvalue weighted by Crippen LogP contribution is -2.41. The standard InChI is InChI=1S/C14H13Cl2NO4/c15-6-1-2-7(16)8(5-6)17-13(18)11-9-3-4-10(21-9)12(11)14(19)20/h1-2,5,9-12H,3-4H2,(H,17,18)(H,19,20)/t9-,10-,11-,12+/m1/s1. The van der Waals surface area contributed by atoms with Gasteiger partial charge in [-0.25, -0.2) is 0 Å². The first kappa shape index (κ1) is 14.6. The molecule has 0 spiro atoms. The minimum atomic E-state index is -1.00. The van der Waals surface area contributed by atoms with Gasteiger partial charge in [-0.1, -0.05) is 23.2 Å². The van der Waals surface area contributed by atoms with E-state index in [1.807, 2.05) is 0 Å². The van der Waals surface area contributed by atoms with Crippen molar-refractivity contribution in [2.24, 2.45) is 11.8 Å². The van der Waals surface area contributed by atoms with Crippen LogP contribution in [0.5, 0.6) is 0 Å². The highest BCUT2D eigenvalue weighted by Crippen LogP contribution is 2.44. The van der Waals surface area contributed by atoms with Gasteiger partial charge in [-0.3, -0.25) is 9.59 Å². The van der Waals surface area contributed by atoms with Crippen LogP contribution >= 0.6 is 23.2 Å². The summed E-state index contributed by atoms with van der Waals surface area (Å²) in [6, 6.07) is 4.72. The molecule has 112 valence electrons. The van der Waals surface area contributed by atoms with Crippen LogP contribution in [0.15, 0.2) is 18.2 Å². The average Bonchev–Trinajstić information content (AvgIpc) is 3.03. The molecule has 1 amide bonds. The van der Waals surface area contributed by atoms with Gasteiger partial charge in [-0.15, -0.1) is 0 Å². The van der Waals surface area contributed by atoms with Crippen LogP contribution in [0.25, 0.3) is 0 Å². The van der Waals surface area contributed by atoms with Gasteiger partial charge in [-0.05, 0) is 31.0 Å². The van der Waals surface area contributed by atoms with Crippen LogP contribution in [0.3, 0.4) is 0 Å². The summed E-state index contributed by atoms with van der Waals surface area (Å²) in [7, 11) is 0. The molecule has 2 bridgehead atoms. The smallest absolute Gasteiger partial charge is 0.310 e. The van der Waals surface area contributed by atoms with Gasteiger partial charge in [-0.2, -0.15) is 0 Å². The van der Waals surface area contributed by atoms with Gasteiger partial charge < -0.3 is 15.2 Å². The summed E-state index contributed by atoms with van der Waals surface area (Å²) >= 11 is 11.9. The first-order valence-electron chi connectivity index (χ1n) is 6.61. The van der Waals surface area contributed by atoms with Gasteiger partial charge in [0, 0.05) is 5.02 Å². The molecule has 2 fully saturated rings. The highest BCUT2D eigenvalue weighted by Gasteiger charge is 2.55. The minimum Gasteiger partial charge on any atom is -0.481 e. The molecule has 0 aromatic heterocycles. The molecule has 0 saturated carbocycles. The lowest BCUT2D eigenvalue weighted by molar-refractivity contribution is -0.147. The quantitative estimate of drug-likeness (QED) is 0.894. The number of carboxylic acids is 1. The number of rotatable bonds is 3. The van der Waals surface area contributed by atoms with Crippen LogP contribution in [0.2, 0.25) is 10.0 Å². The van der Waals surface area contributed by atoms with Crippen molar-refractivity contribution in [1.82, 2.24) is 0 Å². The Morgan fingerprint density at radius 3 is 2.52 bits per heavy atom. The summed E-state index contributed by atoms with van der Waals surface area (Å²) in [5.41, 5.74) is 0.376. The Kier molecular flexibility index (Phi) is 3.82. The van der Waals surface area contributed by atoms with Gasteiger partial charge in [0.15, 0.2) is 0 Å². The normalized spacial score (nSPS) is 30.4. The molecule has 1 aromatic carbocycles. The largest absolute Gasteiger partial charge is 0.481 e. The zero-order chi connectivity index (χ0) is 15.1. The highest BCUT2D eigenvalue weighted by molar-refractivity contribution is 6.35. The number of amides is 1. The molecule has 7 heteroatoms. The molecule has 2 heterocycles. The Morgan fingerprint density at radius 2 is 1.86 bits per heavy atom. The van der Waals surface area contributed by atoms with Gasteiger partial charge in [0.25, 0.3) is 0 Å². The lowest BCUT2D eigenvalue weighted by Gasteiger charge is -2.24. The summed E-state index contributed by atoms with van der Waals surface area (Å²) in [5, 5.41) is 12.8. The average molecular weight is 330 g/mol. The molecule has 3 rings (SSSR count). The first-order chi connectivity index (χ1) is 9.97. The second-order valence-corrected chi connectivity index (χ2v) is 6.14. The third-order valence-corrected chi connectivity index (χ3v) is 4.61. The number of carboxylic acid groups (broad SMARTS) is 1. The fourth-order valence-corrected chi connectivity index (χ4v) is 3.47. The van der Waals surface area contributed by atoms with Crippen LogP contribution < -0.4 is 5.32 Å². The van der Waals surface area contributed by atoms with Crippen molar-refractivity contribution in [2.75, 3.05) is 5.32 Å². The molecule has 0 aliphatic carbocycles. The predicted octanol–water partition coefficient (Wildman–Crippen LogP) is 2.81. The second-order valence-electron chi connectivity index (χ2n) is 5.29. The van der Waals surface area contributed by atoms with E-state index in [1.54, 1.807) is 12.1 Å². The maximum Gasteiger partial charge on any atom is 0.310 e. The van der Waals surface area contributed by atoms with E-state index in [1.165, 1.54) is 6.07 Å². The number of carbonyl (C=O) groups is 2. The molecule has 0 radical (unpaired) electrons. The van der Waals surface area contributed by atoms with Crippen molar-refractivity contribution in [2.45, 2.75) is 25.0 Å². The third kappa shape index (κ3) is 2.61. The molecule has 21 heavy (non-hydrogen) atoms. The van der Waals surface area contributed by atoms with Gasteiger partial charge in [0.05, 0.1) is 34.8 Å². The summed E-state index contributed by atoms with van der Waals surface area (Å²) in [4.78, 5) is 23.8. The van der Waals surface area contributed by atoms with Gasteiger partial charge >= 0.3 is 5.97 Å². The highest BCUT2D eigenvalue weighted by atomic mass is 35.5. The molecule has 1 aromatic rings. The van der Waals surface area contributed by atoms with Crippen LogP contribution in [-0.2, 0) is 14.3 Å². The van der Waals surface area contributed by atoms with Crippen LogP contribution in [0.1, 0.15) is 12.8 Å². The monoisotopic (exact) mass is 329 g/mol. The SMILES string of the molecule is O=C(O)[C@@H]1[C@H](C(=O)Nc2cc(Cl)ccc2Cl)[C@H]2CC[C@H]1O2. The summed E-state index contributed by atoms with van der Waals surface area (Å²) in [6.45, 7) is 0. The van der Waals surface area contributed by atoms with E-state index in [-0.39, 0.29) is 12.2 Å². The fourth-order valence-electron chi connectivity index (χ4n) is 3.13. The number of aliphatic carboxylic acids is 1. The second kappa shape index (κ2) is 5.48.